The Balaban J connectivity index is 2.17. The highest BCUT2D eigenvalue weighted by atomic mass is 79.9. The zero-order valence-electron chi connectivity index (χ0n) is 5.98. The molecule has 0 saturated carbocycles. The summed E-state index contributed by atoms with van der Waals surface area (Å²) in [6.07, 6.45) is 2.35. The second-order valence-electron chi connectivity index (χ2n) is 2.95. The van der Waals surface area contributed by atoms with Crippen molar-refractivity contribution in [2.75, 3.05) is 6.61 Å². The molecule has 0 bridgehead atoms. The van der Waals surface area contributed by atoms with Crippen LogP contribution in [0.5, 0.6) is 0 Å². The van der Waals surface area contributed by atoms with Gasteiger partial charge in [0, 0.05) is 4.83 Å². The van der Waals surface area contributed by atoms with Gasteiger partial charge in [0.15, 0.2) is 0 Å². The van der Waals surface area contributed by atoms with E-state index in [1.54, 1.807) is 0 Å². The first-order valence-electron chi connectivity index (χ1n) is 3.44. The molecule has 0 N–H and O–H groups in total. The van der Waals surface area contributed by atoms with E-state index in [1.165, 1.54) is 6.42 Å². The molecule has 0 aromatic carbocycles. The molecule has 2 heteroatoms. The molecule has 2 atom stereocenters. The number of halogens is 1. The van der Waals surface area contributed by atoms with E-state index in [0.29, 0.717) is 4.83 Å². The lowest BCUT2D eigenvalue weighted by molar-refractivity contribution is 0.307. The molecule has 1 nitrogen and oxygen atoms in total. The van der Waals surface area contributed by atoms with Crippen LogP contribution in [0.2, 0.25) is 0 Å². The molecular weight excluding hydrogens is 180 g/mol. The molecule has 0 amide bonds. The van der Waals surface area contributed by atoms with Crippen molar-refractivity contribution in [2.45, 2.75) is 37.1 Å². The largest absolute Gasteiger partial charge is 0.370 e. The number of rotatable bonds is 3. The molecule has 1 heterocycles. The summed E-state index contributed by atoms with van der Waals surface area (Å²) in [4.78, 5) is 0.644. The highest BCUT2D eigenvalue weighted by molar-refractivity contribution is 9.09. The second-order valence-corrected chi connectivity index (χ2v) is 4.24. The third-order valence-corrected chi connectivity index (χ3v) is 2.70. The van der Waals surface area contributed by atoms with E-state index in [1.807, 2.05) is 0 Å². The molecule has 1 fully saturated rings. The van der Waals surface area contributed by atoms with Gasteiger partial charge in [-0.25, -0.2) is 0 Å². The van der Waals surface area contributed by atoms with Gasteiger partial charge in [0.1, 0.15) is 0 Å². The zero-order chi connectivity index (χ0) is 6.91. The summed E-state index contributed by atoms with van der Waals surface area (Å²) in [5, 5.41) is 0. The van der Waals surface area contributed by atoms with E-state index < -0.39 is 0 Å². The van der Waals surface area contributed by atoms with Gasteiger partial charge in [0.2, 0.25) is 0 Å². The SMILES string of the molecule is CCC(Br)CC1(C)CO1. The van der Waals surface area contributed by atoms with Gasteiger partial charge in [0.05, 0.1) is 12.2 Å². The van der Waals surface area contributed by atoms with Crippen LogP contribution in [0.25, 0.3) is 0 Å². The quantitative estimate of drug-likeness (QED) is 0.495. The Morgan fingerprint density at radius 2 is 2.33 bits per heavy atom. The Hall–Kier alpha value is 0.440. The van der Waals surface area contributed by atoms with E-state index in [-0.39, 0.29) is 5.60 Å². The molecule has 0 aromatic heterocycles. The maximum atomic E-state index is 5.24. The maximum absolute atomic E-state index is 5.24. The minimum atomic E-state index is 0.226. The van der Waals surface area contributed by atoms with Gasteiger partial charge in [0.25, 0.3) is 0 Å². The molecule has 9 heavy (non-hydrogen) atoms. The third-order valence-electron chi connectivity index (χ3n) is 1.73. The van der Waals surface area contributed by atoms with E-state index in [9.17, 15) is 0 Å². The van der Waals surface area contributed by atoms with Crippen LogP contribution in [0.4, 0.5) is 0 Å². The van der Waals surface area contributed by atoms with Gasteiger partial charge < -0.3 is 4.74 Å². The molecule has 0 spiro atoms. The Morgan fingerprint density at radius 1 is 1.78 bits per heavy atom. The summed E-state index contributed by atoms with van der Waals surface area (Å²) in [5.41, 5.74) is 0.226. The molecule has 0 aromatic rings. The lowest BCUT2D eigenvalue weighted by Crippen LogP contribution is -2.11. The Kier molecular flexibility index (Phi) is 2.17. The van der Waals surface area contributed by atoms with Crippen molar-refractivity contribution in [2.24, 2.45) is 0 Å². The highest BCUT2D eigenvalue weighted by Gasteiger charge is 2.40. The van der Waals surface area contributed by atoms with E-state index >= 15 is 0 Å². The molecular formula is C7H13BrO. The van der Waals surface area contributed by atoms with Gasteiger partial charge in [-0.05, 0) is 19.8 Å². The number of hydrogen-bond donors (Lipinski definition) is 0. The fourth-order valence-corrected chi connectivity index (χ4v) is 1.54. The van der Waals surface area contributed by atoms with Crippen LogP contribution in [-0.4, -0.2) is 17.0 Å². The van der Waals surface area contributed by atoms with Crippen LogP contribution in [0.15, 0.2) is 0 Å². The fourth-order valence-electron chi connectivity index (χ4n) is 0.854. The van der Waals surface area contributed by atoms with Crippen LogP contribution in [0.1, 0.15) is 26.7 Å². The van der Waals surface area contributed by atoms with Crippen molar-refractivity contribution >= 4 is 15.9 Å². The monoisotopic (exact) mass is 192 g/mol. The Labute approximate surface area is 64.9 Å². The van der Waals surface area contributed by atoms with Crippen molar-refractivity contribution in [3.8, 4) is 0 Å². The van der Waals surface area contributed by atoms with Gasteiger partial charge >= 0.3 is 0 Å². The summed E-state index contributed by atoms with van der Waals surface area (Å²) in [6, 6.07) is 0. The van der Waals surface area contributed by atoms with Crippen LogP contribution < -0.4 is 0 Å². The summed E-state index contributed by atoms with van der Waals surface area (Å²) >= 11 is 3.57. The van der Waals surface area contributed by atoms with Gasteiger partial charge in [-0.3, -0.25) is 0 Å². The van der Waals surface area contributed by atoms with E-state index in [0.717, 1.165) is 13.0 Å². The molecule has 1 aliphatic rings. The minimum absolute atomic E-state index is 0.226. The summed E-state index contributed by atoms with van der Waals surface area (Å²) in [6.45, 7) is 5.30. The van der Waals surface area contributed by atoms with Crippen LogP contribution in [-0.2, 0) is 4.74 Å². The van der Waals surface area contributed by atoms with Crippen molar-refractivity contribution < 1.29 is 4.74 Å². The third kappa shape index (κ3) is 2.26. The molecule has 2 unspecified atom stereocenters. The highest BCUT2D eigenvalue weighted by Crippen LogP contribution is 2.33. The van der Waals surface area contributed by atoms with Crippen molar-refractivity contribution in [3.05, 3.63) is 0 Å². The van der Waals surface area contributed by atoms with Gasteiger partial charge in [-0.2, -0.15) is 0 Å². The van der Waals surface area contributed by atoms with Crippen LogP contribution >= 0.6 is 15.9 Å². The summed E-state index contributed by atoms with van der Waals surface area (Å²) in [5.74, 6) is 0. The fraction of sp³-hybridized carbons (Fsp3) is 1.00. The lowest BCUT2D eigenvalue weighted by atomic mass is 10.1. The van der Waals surface area contributed by atoms with Crippen molar-refractivity contribution in [1.82, 2.24) is 0 Å². The predicted octanol–water partition coefficient (Wildman–Crippen LogP) is 2.34. The summed E-state index contributed by atoms with van der Waals surface area (Å²) in [7, 11) is 0. The van der Waals surface area contributed by atoms with E-state index in [2.05, 4.69) is 29.8 Å². The van der Waals surface area contributed by atoms with Crippen molar-refractivity contribution in [1.29, 1.82) is 0 Å². The first-order chi connectivity index (χ1) is 4.16. The molecule has 0 radical (unpaired) electrons. The van der Waals surface area contributed by atoms with Crippen LogP contribution in [0, 0.1) is 0 Å². The standard InChI is InChI=1S/C7H13BrO/c1-3-6(8)4-7(2)5-9-7/h6H,3-5H2,1-2H3. The molecule has 0 aliphatic carbocycles. The lowest BCUT2D eigenvalue weighted by Gasteiger charge is -2.08. The minimum Gasteiger partial charge on any atom is -0.370 e. The predicted molar refractivity (Wildman–Crippen MR) is 42.0 cm³/mol. The molecule has 1 rings (SSSR count). The number of alkyl halides is 1. The second kappa shape index (κ2) is 2.59. The topological polar surface area (TPSA) is 12.5 Å². The average Bonchev–Trinajstić information content (AvgIpc) is 2.48. The molecule has 54 valence electrons. The average molecular weight is 193 g/mol. The Bertz CT molecular complexity index is 99.1. The zero-order valence-corrected chi connectivity index (χ0v) is 7.57. The number of ether oxygens (including phenoxy) is 1. The van der Waals surface area contributed by atoms with Crippen molar-refractivity contribution in [3.63, 3.8) is 0 Å². The number of epoxide rings is 1. The van der Waals surface area contributed by atoms with E-state index in [4.69, 9.17) is 4.74 Å². The first kappa shape index (κ1) is 7.55. The first-order valence-corrected chi connectivity index (χ1v) is 4.36. The van der Waals surface area contributed by atoms with Crippen LogP contribution in [0.3, 0.4) is 0 Å². The van der Waals surface area contributed by atoms with Gasteiger partial charge in [-0.15, -0.1) is 0 Å². The van der Waals surface area contributed by atoms with Gasteiger partial charge in [-0.1, -0.05) is 22.9 Å². The Morgan fingerprint density at radius 3 is 2.67 bits per heavy atom. The number of hydrogen-bond acceptors (Lipinski definition) is 1. The smallest absolute Gasteiger partial charge is 0.0899 e. The summed E-state index contributed by atoms with van der Waals surface area (Å²) < 4.78 is 5.24. The molecule has 1 aliphatic heterocycles. The molecule has 1 saturated heterocycles. The normalized spacial score (nSPS) is 36.3. The maximum Gasteiger partial charge on any atom is 0.0899 e.